The number of ether oxygens (including phenoxy) is 1. The molecule has 1 amide bonds. The van der Waals surface area contributed by atoms with Crippen molar-refractivity contribution >= 4 is 5.91 Å². The Morgan fingerprint density at radius 1 is 1.55 bits per heavy atom. The molecule has 0 spiro atoms. The molecule has 2 rings (SSSR count). The maximum atomic E-state index is 12.3. The zero-order valence-corrected chi connectivity index (χ0v) is 12.3. The first-order valence-corrected chi connectivity index (χ1v) is 7.27. The summed E-state index contributed by atoms with van der Waals surface area (Å²) in [4.78, 5) is 14.2. The Hall–Kier alpha value is -1.55. The first-order valence-electron chi connectivity index (χ1n) is 7.27. The number of piperidine rings is 1. The van der Waals surface area contributed by atoms with E-state index in [2.05, 4.69) is 6.92 Å². The molecule has 1 saturated heterocycles. The second-order valence-corrected chi connectivity index (χ2v) is 5.62. The van der Waals surface area contributed by atoms with Gasteiger partial charge in [0.15, 0.2) is 0 Å². The molecular formula is C16H24N2O2. The fourth-order valence-corrected chi connectivity index (χ4v) is 2.69. The lowest BCUT2D eigenvalue weighted by Gasteiger charge is -2.31. The minimum Gasteiger partial charge on any atom is -0.497 e. The van der Waals surface area contributed by atoms with Gasteiger partial charge >= 0.3 is 0 Å². The van der Waals surface area contributed by atoms with Gasteiger partial charge in [0.05, 0.1) is 7.11 Å². The molecule has 0 aliphatic carbocycles. The minimum atomic E-state index is 0.139. The number of carbonyl (C=O) groups excluding carboxylic acids is 1. The Labute approximate surface area is 120 Å². The quantitative estimate of drug-likeness (QED) is 0.916. The van der Waals surface area contributed by atoms with Crippen LogP contribution in [0.5, 0.6) is 5.75 Å². The van der Waals surface area contributed by atoms with Crippen LogP contribution in [0.2, 0.25) is 0 Å². The highest BCUT2D eigenvalue weighted by Crippen LogP contribution is 2.24. The van der Waals surface area contributed by atoms with E-state index in [-0.39, 0.29) is 17.9 Å². The molecule has 0 radical (unpaired) electrons. The first kappa shape index (κ1) is 14.9. The number of amides is 1. The monoisotopic (exact) mass is 276 g/mol. The maximum absolute atomic E-state index is 12.3. The molecule has 1 aliphatic rings. The molecule has 1 aromatic carbocycles. The van der Waals surface area contributed by atoms with E-state index in [0.29, 0.717) is 13.0 Å². The third-order valence-electron chi connectivity index (χ3n) is 3.95. The fraction of sp³-hybridized carbons (Fsp3) is 0.562. The SMILES string of the molecule is COc1cccc(C(C)CC(=O)N2CCCC(N)C2)c1. The summed E-state index contributed by atoms with van der Waals surface area (Å²) in [6.45, 7) is 3.62. The predicted octanol–water partition coefficient (Wildman–Crippen LogP) is 2.14. The van der Waals surface area contributed by atoms with Gasteiger partial charge in [-0.25, -0.2) is 0 Å². The number of rotatable bonds is 4. The molecule has 1 aromatic rings. The zero-order chi connectivity index (χ0) is 14.5. The van der Waals surface area contributed by atoms with Gasteiger partial charge in [0, 0.05) is 25.6 Å². The van der Waals surface area contributed by atoms with E-state index in [1.165, 1.54) is 0 Å². The normalized spacial score (nSPS) is 20.6. The third-order valence-corrected chi connectivity index (χ3v) is 3.95. The highest BCUT2D eigenvalue weighted by atomic mass is 16.5. The van der Waals surface area contributed by atoms with Crippen LogP contribution in [0, 0.1) is 0 Å². The van der Waals surface area contributed by atoms with Gasteiger partial charge in [0.2, 0.25) is 5.91 Å². The standard InChI is InChI=1S/C16H24N2O2/c1-12(13-5-3-7-15(10-13)20-2)9-16(19)18-8-4-6-14(17)11-18/h3,5,7,10,12,14H,4,6,8-9,11,17H2,1-2H3. The van der Waals surface area contributed by atoms with Crippen molar-refractivity contribution in [1.29, 1.82) is 0 Å². The molecule has 2 unspecified atom stereocenters. The average molecular weight is 276 g/mol. The summed E-state index contributed by atoms with van der Waals surface area (Å²) in [5.41, 5.74) is 7.07. The van der Waals surface area contributed by atoms with Gasteiger partial charge < -0.3 is 15.4 Å². The average Bonchev–Trinajstić information content (AvgIpc) is 2.47. The van der Waals surface area contributed by atoms with Gasteiger partial charge in [-0.05, 0) is 36.5 Å². The smallest absolute Gasteiger partial charge is 0.223 e. The molecule has 110 valence electrons. The number of methoxy groups -OCH3 is 1. The van der Waals surface area contributed by atoms with Crippen molar-refractivity contribution in [1.82, 2.24) is 4.90 Å². The van der Waals surface area contributed by atoms with E-state index in [4.69, 9.17) is 10.5 Å². The fourth-order valence-electron chi connectivity index (χ4n) is 2.69. The number of hydrogen-bond acceptors (Lipinski definition) is 3. The number of likely N-dealkylation sites (tertiary alicyclic amines) is 1. The summed E-state index contributed by atoms with van der Waals surface area (Å²) in [5, 5.41) is 0. The molecule has 0 aromatic heterocycles. The van der Waals surface area contributed by atoms with Crippen LogP contribution in [0.3, 0.4) is 0 Å². The molecule has 1 aliphatic heterocycles. The molecule has 2 atom stereocenters. The van der Waals surface area contributed by atoms with Crippen LogP contribution in [-0.4, -0.2) is 37.0 Å². The maximum Gasteiger partial charge on any atom is 0.223 e. The Balaban J connectivity index is 1.96. The number of nitrogens with zero attached hydrogens (tertiary/aromatic N) is 1. The van der Waals surface area contributed by atoms with Gasteiger partial charge in [-0.1, -0.05) is 19.1 Å². The minimum absolute atomic E-state index is 0.139. The third kappa shape index (κ3) is 3.73. The summed E-state index contributed by atoms with van der Waals surface area (Å²) in [6, 6.07) is 8.07. The van der Waals surface area contributed by atoms with Crippen LogP contribution < -0.4 is 10.5 Å². The molecule has 20 heavy (non-hydrogen) atoms. The second kappa shape index (κ2) is 6.75. The van der Waals surface area contributed by atoms with Crippen molar-refractivity contribution in [2.24, 2.45) is 5.73 Å². The Morgan fingerprint density at radius 3 is 3.05 bits per heavy atom. The van der Waals surface area contributed by atoms with Gasteiger partial charge in [-0.3, -0.25) is 4.79 Å². The van der Waals surface area contributed by atoms with E-state index in [9.17, 15) is 4.79 Å². The van der Waals surface area contributed by atoms with Crippen molar-refractivity contribution in [3.63, 3.8) is 0 Å². The molecule has 2 N–H and O–H groups in total. The number of hydrogen-bond donors (Lipinski definition) is 1. The molecule has 4 heteroatoms. The van der Waals surface area contributed by atoms with Crippen molar-refractivity contribution in [2.75, 3.05) is 20.2 Å². The van der Waals surface area contributed by atoms with Crippen LogP contribution >= 0.6 is 0 Å². The van der Waals surface area contributed by atoms with Crippen molar-refractivity contribution in [3.05, 3.63) is 29.8 Å². The van der Waals surface area contributed by atoms with Crippen LogP contribution in [0.4, 0.5) is 0 Å². The van der Waals surface area contributed by atoms with Crippen molar-refractivity contribution in [3.8, 4) is 5.75 Å². The van der Waals surface area contributed by atoms with Gasteiger partial charge in [-0.2, -0.15) is 0 Å². The van der Waals surface area contributed by atoms with Crippen LogP contribution in [-0.2, 0) is 4.79 Å². The van der Waals surface area contributed by atoms with Gasteiger partial charge in [0.25, 0.3) is 0 Å². The topological polar surface area (TPSA) is 55.6 Å². The van der Waals surface area contributed by atoms with Crippen molar-refractivity contribution < 1.29 is 9.53 Å². The molecule has 0 bridgehead atoms. The summed E-state index contributed by atoms with van der Waals surface area (Å²) in [5.74, 6) is 1.23. The molecule has 1 fully saturated rings. The highest BCUT2D eigenvalue weighted by Gasteiger charge is 2.22. The van der Waals surface area contributed by atoms with Gasteiger partial charge in [0.1, 0.15) is 5.75 Å². The van der Waals surface area contributed by atoms with Gasteiger partial charge in [-0.15, -0.1) is 0 Å². The van der Waals surface area contributed by atoms with E-state index in [1.807, 2.05) is 29.2 Å². The van der Waals surface area contributed by atoms with Crippen LogP contribution in [0.1, 0.15) is 37.7 Å². The van der Waals surface area contributed by atoms with E-state index < -0.39 is 0 Å². The number of carbonyl (C=O) groups is 1. The Bertz CT molecular complexity index is 462. The second-order valence-electron chi connectivity index (χ2n) is 5.62. The summed E-state index contributed by atoms with van der Waals surface area (Å²) in [6.07, 6.45) is 2.57. The number of nitrogens with two attached hydrogens (primary N) is 1. The lowest BCUT2D eigenvalue weighted by Crippen LogP contribution is -2.45. The predicted molar refractivity (Wildman–Crippen MR) is 79.8 cm³/mol. The summed E-state index contributed by atoms with van der Waals surface area (Å²) < 4.78 is 5.23. The summed E-state index contributed by atoms with van der Waals surface area (Å²) in [7, 11) is 1.66. The summed E-state index contributed by atoms with van der Waals surface area (Å²) >= 11 is 0. The lowest BCUT2D eigenvalue weighted by molar-refractivity contribution is -0.132. The molecule has 0 saturated carbocycles. The largest absolute Gasteiger partial charge is 0.497 e. The Kier molecular flexibility index (Phi) is 5.01. The molecular weight excluding hydrogens is 252 g/mol. The van der Waals surface area contributed by atoms with E-state index in [0.717, 1.165) is 30.7 Å². The van der Waals surface area contributed by atoms with E-state index in [1.54, 1.807) is 7.11 Å². The van der Waals surface area contributed by atoms with E-state index >= 15 is 0 Å². The zero-order valence-electron chi connectivity index (χ0n) is 12.3. The van der Waals surface area contributed by atoms with Crippen LogP contribution in [0.25, 0.3) is 0 Å². The van der Waals surface area contributed by atoms with Crippen LogP contribution in [0.15, 0.2) is 24.3 Å². The first-order chi connectivity index (χ1) is 9.60. The highest BCUT2D eigenvalue weighted by molar-refractivity contribution is 5.77. The number of benzene rings is 1. The molecule has 4 nitrogen and oxygen atoms in total. The Morgan fingerprint density at radius 2 is 2.35 bits per heavy atom. The lowest BCUT2D eigenvalue weighted by atomic mass is 9.96. The molecule has 1 heterocycles. The van der Waals surface area contributed by atoms with Crippen molar-refractivity contribution in [2.45, 2.75) is 38.1 Å².